The number of H-pyrrole nitrogens is 1. The second kappa shape index (κ2) is 7.05. The number of nitrogens with one attached hydrogen (secondary N) is 1. The van der Waals surface area contributed by atoms with Crippen molar-refractivity contribution >= 4 is 12.2 Å². The number of nitrogens with zero attached hydrogens (tertiary/aromatic N) is 5. The number of hydrogen-bond acceptors (Lipinski definition) is 5. The molecule has 0 atom stereocenters. The first-order valence-electron chi connectivity index (χ1n) is 8.59. The van der Waals surface area contributed by atoms with Gasteiger partial charge >= 0.3 is 0 Å². The molecule has 0 aliphatic carbocycles. The Morgan fingerprint density at radius 2 is 2.08 bits per heavy atom. The fraction of sp³-hybridized carbons (Fsp3) is 0.263. The van der Waals surface area contributed by atoms with Gasteiger partial charge in [0.15, 0.2) is 5.82 Å². The molecular formula is C19H20N6O. The van der Waals surface area contributed by atoms with Gasteiger partial charge in [-0.1, -0.05) is 30.3 Å². The molecule has 3 aromatic rings. The van der Waals surface area contributed by atoms with Crippen LogP contribution in [-0.4, -0.2) is 36.2 Å². The second-order valence-corrected chi connectivity index (χ2v) is 6.40. The van der Waals surface area contributed by atoms with E-state index in [0.717, 1.165) is 30.8 Å². The molecule has 7 heteroatoms. The summed E-state index contributed by atoms with van der Waals surface area (Å²) in [5.74, 6) is 1.26. The Labute approximate surface area is 151 Å². The minimum absolute atomic E-state index is 0.0645. The zero-order valence-corrected chi connectivity index (χ0v) is 14.6. The van der Waals surface area contributed by atoms with Crippen molar-refractivity contribution < 1.29 is 0 Å². The van der Waals surface area contributed by atoms with Crippen LogP contribution in [0.4, 0.5) is 0 Å². The summed E-state index contributed by atoms with van der Waals surface area (Å²) in [6.45, 7) is 2.36. The molecule has 0 fully saturated rings. The summed E-state index contributed by atoms with van der Waals surface area (Å²) in [7, 11) is 1.82. The summed E-state index contributed by atoms with van der Waals surface area (Å²) in [6, 6.07) is 10.3. The van der Waals surface area contributed by atoms with E-state index in [-0.39, 0.29) is 5.56 Å². The average Bonchev–Trinajstić information content (AvgIpc) is 3.06. The predicted octanol–water partition coefficient (Wildman–Crippen LogP) is 1.63. The number of rotatable bonds is 4. The normalized spacial score (nSPS) is 14.7. The van der Waals surface area contributed by atoms with Crippen LogP contribution >= 0.6 is 0 Å². The quantitative estimate of drug-likeness (QED) is 0.775. The van der Waals surface area contributed by atoms with E-state index in [1.54, 1.807) is 16.8 Å². The maximum Gasteiger partial charge on any atom is 0.255 e. The molecular weight excluding hydrogens is 328 g/mol. The summed E-state index contributed by atoms with van der Waals surface area (Å²) < 4.78 is 1.66. The van der Waals surface area contributed by atoms with Gasteiger partial charge in [-0.25, -0.2) is 14.6 Å². The molecule has 0 spiro atoms. The van der Waals surface area contributed by atoms with Gasteiger partial charge in [0.25, 0.3) is 5.56 Å². The zero-order valence-electron chi connectivity index (χ0n) is 14.6. The molecule has 1 aliphatic rings. The molecule has 0 amide bonds. The minimum Gasteiger partial charge on any atom is -0.307 e. The first kappa shape index (κ1) is 16.4. The van der Waals surface area contributed by atoms with Crippen LogP contribution in [0.5, 0.6) is 0 Å². The van der Waals surface area contributed by atoms with E-state index in [1.165, 1.54) is 11.9 Å². The van der Waals surface area contributed by atoms with Gasteiger partial charge in [0.05, 0.1) is 11.3 Å². The lowest BCUT2D eigenvalue weighted by Gasteiger charge is -2.27. The van der Waals surface area contributed by atoms with E-state index < -0.39 is 0 Å². The van der Waals surface area contributed by atoms with Gasteiger partial charge in [-0.05, 0) is 17.7 Å². The lowest BCUT2D eigenvalue weighted by atomic mass is 10.1. The van der Waals surface area contributed by atoms with Crippen LogP contribution in [0.25, 0.3) is 12.2 Å². The van der Waals surface area contributed by atoms with Gasteiger partial charge in [-0.3, -0.25) is 9.69 Å². The van der Waals surface area contributed by atoms with Crippen molar-refractivity contribution in [3.63, 3.8) is 0 Å². The third kappa shape index (κ3) is 3.48. The van der Waals surface area contributed by atoms with E-state index in [1.807, 2.05) is 25.2 Å². The van der Waals surface area contributed by atoms with Gasteiger partial charge in [0.2, 0.25) is 0 Å². The number of aryl methyl sites for hydroxylation is 1. The summed E-state index contributed by atoms with van der Waals surface area (Å²) in [4.78, 5) is 26.4. The van der Waals surface area contributed by atoms with E-state index >= 15 is 0 Å². The summed E-state index contributed by atoms with van der Waals surface area (Å²) in [5.41, 5.74) is 2.84. The molecule has 0 radical (unpaired) electrons. The third-order valence-corrected chi connectivity index (χ3v) is 4.55. The Kier molecular flexibility index (Phi) is 4.45. The number of aromatic nitrogens is 5. The molecule has 7 nitrogen and oxygen atoms in total. The van der Waals surface area contributed by atoms with Crippen LogP contribution in [0, 0.1) is 0 Å². The van der Waals surface area contributed by atoms with Crippen molar-refractivity contribution in [3.8, 4) is 0 Å². The maximum absolute atomic E-state index is 12.5. The van der Waals surface area contributed by atoms with Crippen LogP contribution in [0.3, 0.4) is 0 Å². The fourth-order valence-corrected chi connectivity index (χ4v) is 3.17. The molecule has 132 valence electrons. The van der Waals surface area contributed by atoms with Crippen LogP contribution in [-0.2, 0) is 26.6 Å². The Hall–Kier alpha value is -3.06. The van der Waals surface area contributed by atoms with Crippen molar-refractivity contribution in [2.24, 2.45) is 7.05 Å². The molecule has 1 aromatic carbocycles. The van der Waals surface area contributed by atoms with Crippen LogP contribution in [0.15, 0.2) is 41.5 Å². The Morgan fingerprint density at radius 3 is 2.85 bits per heavy atom. The fourth-order valence-electron chi connectivity index (χ4n) is 3.17. The molecule has 1 N–H and O–H groups in total. The van der Waals surface area contributed by atoms with E-state index in [2.05, 4.69) is 37.1 Å². The molecule has 4 rings (SSSR count). The first-order valence-corrected chi connectivity index (χ1v) is 8.59. The highest BCUT2D eigenvalue weighted by Crippen LogP contribution is 2.16. The highest BCUT2D eigenvalue weighted by Gasteiger charge is 2.20. The number of benzene rings is 1. The second-order valence-electron chi connectivity index (χ2n) is 6.40. The van der Waals surface area contributed by atoms with Crippen LogP contribution < -0.4 is 5.56 Å². The first-order chi connectivity index (χ1) is 12.7. The summed E-state index contributed by atoms with van der Waals surface area (Å²) in [6.07, 6.45) is 5.82. The maximum atomic E-state index is 12.5. The average molecular weight is 348 g/mol. The largest absolute Gasteiger partial charge is 0.307 e. The Bertz CT molecular complexity index is 989. The zero-order chi connectivity index (χ0) is 17.9. The molecule has 3 heterocycles. The van der Waals surface area contributed by atoms with Crippen molar-refractivity contribution in [1.29, 1.82) is 0 Å². The Morgan fingerprint density at radius 1 is 1.23 bits per heavy atom. The summed E-state index contributed by atoms with van der Waals surface area (Å²) in [5, 5.41) is 4.02. The van der Waals surface area contributed by atoms with Crippen LogP contribution in [0.2, 0.25) is 0 Å². The van der Waals surface area contributed by atoms with Crippen LogP contribution in [0.1, 0.15) is 28.5 Å². The van der Waals surface area contributed by atoms with E-state index in [4.69, 9.17) is 0 Å². The molecule has 0 unspecified atom stereocenters. The minimum atomic E-state index is -0.0645. The molecule has 0 saturated carbocycles. The van der Waals surface area contributed by atoms with Gasteiger partial charge in [-0.2, -0.15) is 5.10 Å². The monoisotopic (exact) mass is 348 g/mol. The Balaban J connectivity index is 1.53. The SMILES string of the molecule is Cn1ncnc1/C=C/c1nc2c(c(=O)[nH]1)CN(Cc1ccccc1)CC2. The van der Waals surface area contributed by atoms with Gasteiger partial charge < -0.3 is 4.98 Å². The number of hydrogen-bond donors (Lipinski definition) is 1. The third-order valence-electron chi connectivity index (χ3n) is 4.55. The molecule has 26 heavy (non-hydrogen) atoms. The van der Waals surface area contributed by atoms with Gasteiger partial charge in [0, 0.05) is 33.1 Å². The smallest absolute Gasteiger partial charge is 0.255 e. The predicted molar refractivity (Wildman–Crippen MR) is 99.0 cm³/mol. The van der Waals surface area contributed by atoms with Crippen molar-refractivity contribution in [3.05, 3.63) is 75.5 Å². The lowest BCUT2D eigenvalue weighted by Crippen LogP contribution is -2.35. The van der Waals surface area contributed by atoms with Crippen molar-refractivity contribution in [2.75, 3.05) is 6.54 Å². The van der Waals surface area contributed by atoms with E-state index in [9.17, 15) is 4.79 Å². The van der Waals surface area contributed by atoms with Gasteiger partial charge in [0.1, 0.15) is 12.2 Å². The van der Waals surface area contributed by atoms with E-state index in [0.29, 0.717) is 18.2 Å². The highest BCUT2D eigenvalue weighted by molar-refractivity contribution is 5.62. The summed E-state index contributed by atoms with van der Waals surface area (Å²) >= 11 is 0. The number of aromatic amines is 1. The standard InChI is InChI=1S/C19H20N6O/c1-24-18(20-13-21-24)8-7-17-22-16-9-10-25(12-15(16)19(26)23-17)11-14-5-3-2-4-6-14/h2-8,13H,9-12H2,1H3,(H,22,23,26)/b8-7+. The molecule has 1 aliphatic heterocycles. The highest BCUT2D eigenvalue weighted by atomic mass is 16.1. The van der Waals surface area contributed by atoms with Gasteiger partial charge in [-0.15, -0.1) is 0 Å². The number of fused-ring (bicyclic) bond motifs is 1. The topological polar surface area (TPSA) is 79.7 Å². The molecule has 0 saturated heterocycles. The molecule has 2 aromatic heterocycles. The molecule has 0 bridgehead atoms. The van der Waals surface area contributed by atoms with Crippen molar-refractivity contribution in [2.45, 2.75) is 19.5 Å². The lowest BCUT2D eigenvalue weighted by molar-refractivity contribution is 0.241. The van der Waals surface area contributed by atoms with Crippen molar-refractivity contribution in [1.82, 2.24) is 29.6 Å².